The van der Waals surface area contributed by atoms with Gasteiger partial charge >= 0.3 is 6.03 Å². The van der Waals surface area contributed by atoms with Crippen LogP contribution in [-0.2, 0) is 11.3 Å². The van der Waals surface area contributed by atoms with Crippen LogP contribution >= 0.6 is 34.8 Å². The zero-order chi connectivity index (χ0) is 17.3. The first kappa shape index (κ1) is 16.8. The van der Waals surface area contributed by atoms with Crippen LogP contribution in [0, 0.1) is 0 Å². The van der Waals surface area contributed by atoms with E-state index >= 15 is 0 Å². The third kappa shape index (κ3) is 3.56. The van der Waals surface area contributed by atoms with Crippen molar-refractivity contribution in [3.8, 4) is 0 Å². The van der Waals surface area contributed by atoms with Gasteiger partial charge in [0.05, 0.1) is 6.54 Å². The molecule has 3 rings (SSSR count). The third-order valence-corrected chi connectivity index (χ3v) is 4.29. The first-order valence-electron chi connectivity index (χ1n) is 6.98. The summed E-state index contributed by atoms with van der Waals surface area (Å²) >= 11 is 17.8. The molecular weight excluding hydrogens is 371 g/mol. The van der Waals surface area contributed by atoms with Gasteiger partial charge in [-0.25, -0.2) is 4.79 Å². The van der Waals surface area contributed by atoms with Crippen LogP contribution in [-0.4, -0.2) is 16.8 Å². The lowest BCUT2D eigenvalue weighted by Crippen LogP contribution is -2.30. The minimum atomic E-state index is -0.480. The van der Waals surface area contributed by atoms with Gasteiger partial charge in [0.15, 0.2) is 0 Å². The summed E-state index contributed by atoms with van der Waals surface area (Å²) in [5.41, 5.74) is 1.56. The van der Waals surface area contributed by atoms with Gasteiger partial charge in [0.25, 0.3) is 5.91 Å². The first-order valence-corrected chi connectivity index (χ1v) is 8.11. The molecule has 0 atom stereocenters. The van der Waals surface area contributed by atoms with Gasteiger partial charge in [-0.3, -0.25) is 9.69 Å². The summed E-state index contributed by atoms with van der Waals surface area (Å²) in [5.74, 6) is -0.416. The van der Waals surface area contributed by atoms with Crippen LogP contribution in [0.15, 0.2) is 48.2 Å². The highest BCUT2D eigenvalue weighted by Crippen LogP contribution is 2.24. The molecule has 0 aliphatic carbocycles. The topological polar surface area (TPSA) is 49.4 Å². The fourth-order valence-electron chi connectivity index (χ4n) is 2.26. The molecule has 1 fully saturated rings. The molecule has 1 saturated heterocycles. The maximum Gasteiger partial charge on any atom is 0.329 e. The Morgan fingerprint density at radius 3 is 2.29 bits per heavy atom. The minimum absolute atomic E-state index is 0.160. The molecule has 4 nitrogen and oxygen atoms in total. The number of hydrogen-bond donors (Lipinski definition) is 1. The number of halogens is 3. The van der Waals surface area contributed by atoms with Gasteiger partial charge < -0.3 is 5.32 Å². The predicted octanol–water partition coefficient (Wildman–Crippen LogP) is 4.74. The van der Waals surface area contributed by atoms with Gasteiger partial charge in [-0.15, -0.1) is 0 Å². The Bertz CT molecular complexity index is 847. The van der Waals surface area contributed by atoms with Crippen LogP contribution in [0.2, 0.25) is 15.1 Å². The molecular formula is C17H11Cl3N2O2. The molecule has 1 heterocycles. The Morgan fingerprint density at radius 1 is 0.958 bits per heavy atom. The average molecular weight is 382 g/mol. The molecule has 0 spiro atoms. The van der Waals surface area contributed by atoms with Crippen LogP contribution in [0.3, 0.4) is 0 Å². The Kier molecular flexibility index (Phi) is 4.81. The molecule has 1 aliphatic heterocycles. The van der Waals surface area contributed by atoms with E-state index in [9.17, 15) is 9.59 Å². The normalized spacial score (nSPS) is 16.0. The van der Waals surface area contributed by atoms with Crippen molar-refractivity contribution in [2.45, 2.75) is 6.54 Å². The molecule has 122 valence electrons. The highest BCUT2D eigenvalue weighted by Gasteiger charge is 2.33. The predicted molar refractivity (Wildman–Crippen MR) is 95.0 cm³/mol. The minimum Gasteiger partial charge on any atom is -0.303 e. The summed E-state index contributed by atoms with van der Waals surface area (Å²) in [6.45, 7) is 0.160. The number of nitrogens with zero attached hydrogens (tertiary/aromatic N) is 1. The second-order valence-electron chi connectivity index (χ2n) is 5.17. The van der Waals surface area contributed by atoms with E-state index in [2.05, 4.69) is 5.32 Å². The molecule has 1 aliphatic rings. The average Bonchev–Trinajstić information content (AvgIpc) is 2.80. The van der Waals surface area contributed by atoms with E-state index in [0.717, 1.165) is 10.5 Å². The zero-order valence-electron chi connectivity index (χ0n) is 12.2. The SMILES string of the molecule is O=C1N/C(=C\c2ccc(Cl)cc2Cl)C(=O)N1Cc1ccc(Cl)cc1. The summed E-state index contributed by atoms with van der Waals surface area (Å²) in [6.07, 6.45) is 1.53. The summed E-state index contributed by atoms with van der Waals surface area (Å²) in [6, 6.07) is 11.4. The van der Waals surface area contributed by atoms with E-state index in [4.69, 9.17) is 34.8 Å². The maximum atomic E-state index is 12.4. The van der Waals surface area contributed by atoms with Crippen molar-refractivity contribution < 1.29 is 9.59 Å². The van der Waals surface area contributed by atoms with Crippen molar-refractivity contribution in [2.75, 3.05) is 0 Å². The number of amides is 3. The molecule has 3 amide bonds. The third-order valence-electron chi connectivity index (χ3n) is 3.48. The lowest BCUT2D eigenvalue weighted by Gasteiger charge is -2.11. The number of rotatable bonds is 3. The first-order chi connectivity index (χ1) is 11.4. The van der Waals surface area contributed by atoms with Crippen LogP contribution in [0.4, 0.5) is 4.79 Å². The smallest absolute Gasteiger partial charge is 0.303 e. The summed E-state index contributed by atoms with van der Waals surface area (Å²) in [5, 5.41) is 4.04. The molecule has 1 N–H and O–H groups in total. The van der Waals surface area contributed by atoms with Crippen molar-refractivity contribution in [2.24, 2.45) is 0 Å². The van der Waals surface area contributed by atoms with Crippen molar-refractivity contribution in [1.29, 1.82) is 0 Å². The van der Waals surface area contributed by atoms with Crippen molar-refractivity contribution in [3.05, 3.63) is 74.4 Å². The second-order valence-corrected chi connectivity index (χ2v) is 6.45. The highest BCUT2D eigenvalue weighted by molar-refractivity contribution is 6.35. The second kappa shape index (κ2) is 6.85. The van der Waals surface area contributed by atoms with E-state index in [1.165, 1.54) is 6.08 Å². The zero-order valence-corrected chi connectivity index (χ0v) is 14.5. The highest BCUT2D eigenvalue weighted by atomic mass is 35.5. The summed E-state index contributed by atoms with van der Waals surface area (Å²) in [4.78, 5) is 25.6. The van der Waals surface area contributed by atoms with E-state index < -0.39 is 11.9 Å². The summed E-state index contributed by atoms with van der Waals surface area (Å²) < 4.78 is 0. The van der Waals surface area contributed by atoms with Crippen molar-refractivity contribution in [3.63, 3.8) is 0 Å². The molecule has 0 saturated carbocycles. The number of carbonyl (C=O) groups is 2. The quantitative estimate of drug-likeness (QED) is 0.616. The molecule has 0 unspecified atom stereocenters. The Balaban J connectivity index is 1.83. The molecule has 2 aromatic carbocycles. The number of hydrogen-bond acceptors (Lipinski definition) is 2. The molecule has 2 aromatic rings. The molecule has 0 aromatic heterocycles. The Hall–Kier alpha value is -2.01. The van der Waals surface area contributed by atoms with Gasteiger partial charge in [-0.2, -0.15) is 0 Å². The molecule has 24 heavy (non-hydrogen) atoms. The van der Waals surface area contributed by atoms with Gasteiger partial charge in [-0.1, -0.05) is 53.0 Å². The molecule has 7 heteroatoms. The lowest BCUT2D eigenvalue weighted by atomic mass is 10.2. The largest absolute Gasteiger partial charge is 0.329 e. The van der Waals surface area contributed by atoms with Crippen LogP contribution in [0.5, 0.6) is 0 Å². The van der Waals surface area contributed by atoms with E-state index in [-0.39, 0.29) is 12.2 Å². The standard InChI is InChI=1S/C17H11Cl3N2O2/c18-12-4-1-10(2-5-12)9-22-16(23)15(21-17(22)24)7-11-3-6-13(19)8-14(11)20/h1-8H,9H2,(H,21,24)/b15-7-. The maximum absolute atomic E-state index is 12.4. The number of urea groups is 1. The lowest BCUT2D eigenvalue weighted by molar-refractivity contribution is -0.123. The number of imide groups is 1. The van der Waals surface area contributed by atoms with E-state index in [1.807, 2.05) is 0 Å². The van der Waals surface area contributed by atoms with Crippen LogP contribution in [0.25, 0.3) is 6.08 Å². The fourth-order valence-corrected chi connectivity index (χ4v) is 2.85. The Labute approximate surface area is 153 Å². The Morgan fingerprint density at radius 2 is 1.62 bits per heavy atom. The monoisotopic (exact) mass is 380 g/mol. The number of carbonyl (C=O) groups excluding carboxylic acids is 2. The van der Waals surface area contributed by atoms with Gasteiger partial charge in [0.1, 0.15) is 5.70 Å². The van der Waals surface area contributed by atoms with Gasteiger partial charge in [0, 0.05) is 15.1 Å². The molecule has 0 bridgehead atoms. The van der Waals surface area contributed by atoms with Crippen molar-refractivity contribution in [1.82, 2.24) is 10.2 Å². The molecule has 0 radical (unpaired) electrons. The summed E-state index contributed by atoms with van der Waals surface area (Å²) in [7, 11) is 0. The number of benzene rings is 2. The number of nitrogens with one attached hydrogen (secondary N) is 1. The van der Waals surface area contributed by atoms with E-state index in [0.29, 0.717) is 20.6 Å². The van der Waals surface area contributed by atoms with Gasteiger partial charge in [-0.05, 0) is 41.5 Å². The van der Waals surface area contributed by atoms with E-state index in [1.54, 1.807) is 42.5 Å². The van der Waals surface area contributed by atoms with Crippen molar-refractivity contribution >= 4 is 52.8 Å². The van der Waals surface area contributed by atoms with Crippen LogP contribution in [0.1, 0.15) is 11.1 Å². The van der Waals surface area contributed by atoms with Crippen LogP contribution < -0.4 is 5.32 Å². The van der Waals surface area contributed by atoms with Gasteiger partial charge in [0.2, 0.25) is 0 Å². The fraction of sp³-hybridized carbons (Fsp3) is 0.0588.